The molecule has 0 radical (unpaired) electrons. The SMILES string of the molecule is CC1(O)CC(Nc2nc(N3CC(C)(N4CCOCC4)C3)c3cnn(-c4cccc(C(F)(F)F)c4)c3n2)C1. The van der Waals surface area contributed by atoms with Gasteiger partial charge in [-0.15, -0.1) is 0 Å². The van der Waals surface area contributed by atoms with Gasteiger partial charge in [-0.2, -0.15) is 28.2 Å². The molecule has 12 heteroatoms. The van der Waals surface area contributed by atoms with Gasteiger partial charge in [-0.3, -0.25) is 4.90 Å². The maximum atomic E-state index is 13.4. The summed E-state index contributed by atoms with van der Waals surface area (Å²) in [5.74, 6) is 1.07. The summed E-state index contributed by atoms with van der Waals surface area (Å²) < 4.78 is 47.1. The molecule has 3 aromatic rings. The largest absolute Gasteiger partial charge is 0.416 e. The van der Waals surface area contributed by atoms with Crippen molar-refractivity contribution in [2.24, 2.45) is 0 Å². The van der Waals surface area contributed by atoms with Crippen LogP contribution in [-0.4, -0.2) is 86.3 Å². The van der Waals surface area contributed by atoms with Crippen molar-refractivity contribution in [1.29, 1.82) is 0 Å². The number of halogens is 3. The second-order valence-electron chi connectivity index (χ2n) is 10.9. The van der Waals surface area contributed by atoms with Crippen LogP contribution in [0.1, 0.15) is 32.3 Å². The fourth-order valence-corrected chi connectivity index (χ4v) is 5.72. The Bertz CT molecular complexity index is 1310. The molecule has 0 amide bonds. The maximum absolute atomic E-state index is 13.4. The number of aromatic nitrogens is 4. The maximum Gasteiger partial charge on any atom is 0.416 e. The van der Waals surface area contributed by atoms with Crippen LogP contribution in [0.2, 0.25) is 0 Å². The number of hydrogen-bond acceptors (Lipinski definition) is 8. The quantitative estimate of drug-likeness (QED) is 0.534. The predicted octanol–water partition coefficient (Wildman–Crippen LogP) is 3.07. The first-order valence-electron chi connectivity index (χ1n) is 12.5. The summed E-state index contributed by atoms with van der Waals surface area (Å²) in [6.07, 6.45) is -1.72. The van der Waals surface area contributed by atoms with E-state index in [2.05, 4.69) is 32.1 Å². The summed E-state index contributed by atoms with van der Waals surface area (Å²) in [5.41, 5.74) is -0.783. The van der Waals surface area contributed by atoms with Gasteiger partial charge in [0.05, 0.1) is 47.2 Å². The average molecular weight is 518 g/mol. The molecule has 37 heavy (non-hydrogen) atoms. The van der Waals surface area contributed by atoms with Gasteiger partial charge in [0.25, 0.3) is 0 Å². The molecular formula is C25H30F3N7O2. The van der Waals surface area contributed by atoms with Gasteiger partial charge in [0.15, 0.2) is 5.65 Å². The Morgan fingerprint density at radius 3 is 2.51 bits per heavy atom. The number of ether oxygens (including phenoxy) is 1. The van der Waals surface area contributed by atoms with E-state index in [0.717, 1.165) is 51.5 Å². The zero-order valence-corrected chi connectivity index (χ0v) is 20.8. The number of benzene rings is 1. The van der Waals surface area contributed by atoms with E-state index in [9.17, 15) is 18.3 Å². The Morgan fingerprint density at radius 2 is 1.84 bits per heavy atom. The summed E-state index contributed by atoms with van der Waals surface area (Å²) in [7, 11) is 0. The Morgan fingerprint density at radius 1 is 1.11 bits per heavy atom. The van der Waals surface area contributed by atoms with E-state index < -0.39 is 17.3 Å². The number of morpholine rings is 1. The zero-order chi connectivity index (χ0) is 26.0. The predicted molar refractivity (Wildman–Crippen MR) is 132 cm³/mol. The fraction of sp³-hybridized carbons (Fsp3) is 0.560. The highest BCUT2D eigenvalue weighted by Gasteiger charge is 2.45. The normalized spacial score (nSPS) is 26.1. The lowest BCUT2D eigenvalue weighted by Crippen LogP contribution is -2.70. The van der Waals surface area contributed by atoms with Crippen LogP contribution in [0.25, 0.3) is 16.7 Å². The van der Waals surface area contributed by atoms with Crippen molar-refractivity contribution >= 4 is 22.8 Å². The molecule has 2 aromatic heterocycles. The Kier molecular flexibility index (Phi) is 5.62. The second-order valence-corrected chi connectivity index (χ2v) is 10.9. The Hall–Kier alpha value is -2.96. The van der Waals surface area contributed by atoms with Gasteiger partial charge >= 0.3 is 6.18 Å². The van der Waals surface area contributed by atoms with Crippen molar-refractivity contribution in [3.8, 4) is 5.69 Å². The molecule has 1 aliphatic carbocycles. The van der Waals surface area contributed by atoms with Gasteiger partial charge in [-0.1, -0.05) is 6.07 Å². The molecule has 1 aromatic carbocycles. The van der Waals surface area contributed by atoms with E-state index in [4.69, 9.17) is 9.72 Å². The van der Waals surface area contributed by atoms with Crippen LogP contribution < -0.4 is 10.2 Å². The first-order chi connectivity index (χ1) is 17.5. The van der Waals surface area contributed by atoms with Gasteiger partial charge < -0.3 is 20.1 Å². The molecule has 2 saturated heterocycles. The van der Waals surface area contributed by atoms with Crippen LogP contribution in [0, 0.1) is 0 Å². The third-order valence-corrected chi connectivity index (χ3v) is 7.67. The van der Waals surface area contributed by atoms with Gasteiger partial charge in [-0.05, 0) is 44.9 Å². The third kappa shape index (κ3) is 4.51. The highest BCUT2D eigenvalue weighted by atomic mass is 19.4. The van der Waals surface area contributed by atoms with Crippen LogP contribution in [0.15, 0.2) is 30.5 Å². The first-order valence-corrected chi connectivity index (χ1v) is 12.5. The smallest absolute Gasteiger partial charge is 0.390 e. The summed E-state index contributed by atoms with van der Waals surface area (Å²) in [4.78, 5) is 14.1. The van der Waals surface area contributed by atoms with E-state index in [0.29, 0.717) is 35.6 Å². The lowest BCUT2D eigenvalue weighted by molar-refractivity contribution is -0.137. The molecule has 3 fully saturated rings. The minimum atomic E-state index is -4.46. The van der Waals surface area contributed by atoms with E-state index >= 15 is 0 Å². The van der Waals surface area contributed by atoms with Crippen molar-refractivity contribution in [1.82, 2.24) is 24.6 Å². The van der Waals surface area contributed by atoms with Crippen molar-refractivity contribution in [3.63, 3.8) is 0 Å². The molecule has 2 aliphatic heterocycles. The molecule has 1 saturated carbocycles. The minimum absolute atomic E-state index is 0.0141. The molecule has 0 spiro atoms. The molecule has 3 aliphatic rings. The summed E-state index contributed by atoms with van der Waals surface area (Å²) >= 11 is 0. The number of aliphatic hydroxyl groups is 1. The fourth-order valence-electron chi connectivity index (χ4n) is 5.72. The Balaban J connectivity index is 1.36. The minimum Gasteiger partial charge on any atom is -0.390 e. The highest BCUT2D eigenvalue weighted by Crippen LogP contribution is 2.38. The molecule has 6 rings (SSSR count). The molecular weight excluding hydrogens is 487 g/mol. The average Bonchev–Trinajstić information content (AvgIpc) is 3.24. The molecule has 0 atom stereocenters. The summed E-state index contributed by atoms with van der Waals surface area (Å²) in [6, 6.07) is 5.08. The topological polar surface area (TPSA) is 91.6 Å². The highest BCUT2D eigenvalue weighted by molar-refractivity contribution is 5.89. The number of alkyl halides is 3. The first kappa shape index (κ1) is 24.4. The number of rotatable bonds is 5. The third-order valence-electron chi connectivity index (χ3n) is 7.67. The van der Waals surface area contributed by atoms with Crippen LogP contribution in [0.5, 0.6) is 0 Å². The Labute approximate surface area is 212 Å². The van der Waals surface area contributed by atoms with Gasteiger partial charge in [0.2, 0.25) is 5.95 Å². The lowest BCUT2D eigenvalue weighted by Gasteiger charge is -2.55. The van der Waals surface area contributed by atoms with E-state index in [1.807, 2.05) is 0 Å². The van der Waals surface area contributed by atoms with Crippen LogP contribution in [0.3, 0.4) is 0 Å². The van der Waals surface area contributed by atoms with Crippen LogP contribution >= 0.6 is 0 Å². The van der Waals surface area contributed by atoms with E-state index in [-0.39, 0.29) is 17.3 Å². The lowest BCUT2D eigenvalue weighted by atomic mass is 9.77. The number of fused-ring (bicyclic) bond motifs is 1. The number of nitrogens with zero attached hydrogens (tertiary/aromatic N) is 6. The van der Waals surface area contributed by atoms with Crippen molar-refractivity contribution in [3.05, 3.63) is 36.0 Å². The van der Waals surface area contributed by atoms with Crippen molar-refractivity contribution < 1.29 is 23.0 Å². The molecule has 4 heterocycles. The van der Waals surface area contributed by atoms with Crippen molar-refractivity contribution in [2.75, 3.05) is 49.6 Å². The van der Waals surface area contributed by atoms with Crippen LogP contribution in [-0.2, 0) is 10.9 Å². The van der Waals surface area contributed by atoms with Gasteiger partial charge in [0.1, 0.15) is 5.82 Å². The molecule has 0 unspecified atom stereocenters. The van der Waals surface area contributed by atoms with Crippen LogP contribution in [0.4, 0.5) is 24.9 Å². The molecule has 198 valence electrons. The van der Waals surface area contributed by atoms with E-state index in [1.165, 1.54) is 10.7 Å². The summed E-state index contributed by atoms with van der Waals surface area (Å²) in [5, 5.41) is 18.5. The summed E-state index contributed by atoms with van der Waals surface area (Å²) in [6.45, 7) is 8.73. The molecule has 2 N–H and O–H groups in total. The number of anilines is 2. The van der Waals surface area contributed by atoms with Crippen molar-refractivity contribution in [2.45, 2.75) is 50.0 Å². The number of hydrogen-bond donors (Lipinski definition) is 2. The van der Waals surface area contributed by atoms with Gasteiger partial charge in [-0.25, -0.2) is 4.68 Å². The number of nitrogens with one attached hydrogen (secondary N) is 1. The zero-order valence-electron chi connectivity index (χ0n) is 20.8. The molecule has 9 nitrogen and oxygen atoms in total. The monoisotopic (exact) mass is 517 g/mol. The second kappa shape index (κ2) is 8.53. The molecule has 0 bridgehead atoms. The van der Waals surface area contributed by atoms with E-state index in [1.54, 1.807) is 19.2 Å². The standard InChI is InChI=1S/C25H30F3N7O2/c1-23(34-6-8-37-9-7-34)14-33(15-23)20-19-13-29-35(18-5-3-4-16(10-18)25(26,27)28)21(19)32-22(31-20)30-17-11-24(2,36)12-17/h3-5,10,13,17,36H,6-9,11-12,14-15H2,1-2H3,(H,30,31,32). The van der Waals surface area contributed by atoms with Gasteiger partial charge in [0, 0.05) is 32.2 Å².